The first kappa shape index (κ1) is 10.3. The first-order valence-corrected chi connectivity index (χ1v) is 6.55. The highest BCUT2D eigenvalue weighted by atomic mass is 32.2. The van der Waals surface area contributed by atoms with Crippen LogP contribution < -0.4 is 0 Å². The van der Waals surface area contributed by atoms with Crippen molar-refractivity contribution >= 4 is 24.4 Å². The zero-order chi connectivity index (χ0) is 9.80. The molecule has 2 rings (SSSR count). The molecule has 6 heteroatoms. The van der Waals surface area contributed by atoms with E-state index in [1.54, 1.807) is 11.8 Å². The Hall–Kier alpha value is -0.230. The van der Waals surface area contributed by atoms with Crippen molar-refractivity contribution in [1.82, 2.24) is 20.2 Å². The summed E-state index contributed by atoms with van der Waals surface area (Å²) < 4.78 is 1.99. The molecule has 0 atom stereocenters. The Bertz CT molecular complexity index is 283. The van der Waals surface area contributed by atoms with Gasteiger partial charge in [-0.3, -0.25) is 0 Å². The van der Waals surface area contributed by atoms with E-state index in [0.717, 1.165) is 16.7 Å². The zero-order valence-corrected chi connectivity index (χ0v) is 9.68. The van der Waals surface area contributed by atoms with E-state index < -0.39 is 0 Å². The number of rotatable bonds is 4. The molecule has 4 nitrogen and oxygen atoms in total. The van der Waals surface area contributed by atoms with Crippen molar-refractivity contribution in [3.8, 4) is 0 Å². The monoisotopic (exact) mass is 230 g/mol. The minimum Gasteiger partial charge on any atom is -0.217 e. The molecule has 1 aliphatic rings. The van der Waals surface area contributed by atoms with E-state index >= 15 is 0 Å². The average Bonchev–Trinajstić information content (AvgIpc) is 2.84. The molecule has 0 aliphatic heterocycles. The van der Waals surface area contributed by atoms with Crippen molar-refractivity contribution < 1.29 is 0 Å². The van der Waals surface area contributed by atoms with Crippen LogP contribution in [0.2, 0.25) is 0 Å². The number of thiol groups is 1. The number of hydrogen-bond acceptors (Lipinski definition) is 5. The standard InChI is InChI=1S/C8H14N4S2/c13-5-6-14-8-9-10-11-12(8)7-3-1-2-4-7/h7,13H,1-6H2. The van der Waals surface area contributed by atoms with Crippen LogP contribution >= 0.6 is 24.4 Å². The second kappa shape index (κ2) is 5.02. The number of hydrogen-bond donors (Lipinski definition) is 1. The largest absolute Gasteiger partial charge is 0.217 e. The third-order valence-corrected chi connectivity index (χ3v) is 3.92. The van der Waals surface area contributed by atoms with Crippen molar-refractivity contribution in [3.63, 3.8) is 0 Å². The van der Waals surface area contributed by atoms with Gasteiger partial charge in [-0.25, -0.2) is 4.68 Å². The van der Waals surface area contributed by atoms with E-state index in [-0.39, 0.29) is 0 Å². The predicted molar refractivity (Wildman–Crippen MR) is 59.9 cm³/mol. The molecule has 1 fully saturated rings. The summed E-state index contributed by atoms with van der Waals surface area (Å²) >= 11 is 5.87. The highest BCUT2D eigenvalue weighted by Gasteiger charge is 2.21. The summed E-state index contributed by atoms with van der Waals surface area (Å²) in [4.78, 5) is 0. The Kier molecular flexibility index (Phi) is 3.69. The van der Waals surface area contributed by atoms with Crippen molar-refractivity contribution in [2.75, 3.05) is 11.5 Å². The molecule has 0 bridgehead atoms. The van der Waals surface area contributed by atoms with Gasteiger partial charge in [-0.2, -0.15) is 12.6 Å². The first-order valence-electron chi connectivity index (χ1n) is 4.93. The summed E-state index contributed by atoms with van der Waals surface area (Å²) in [5, 5.41) is 12.8. The summed E-state index contributed by atoms with van der Waals surface area (Å²) in [5.41, 5.74) is 0. The van der Waals surface area contributed by atoms with Crippen LogP contribution in [0.4, 0.5) is 0 Å². The molecule has 1 aromatic heterocycles. The van der Waals surface area contributed by atoms with E-state index in [0.29, 0.717) is 6.04 Å². The third-order valence-electron chi connectivity index (χ3n) is 2.46. The van der Waals surface area contributed by atoms with Crippen LogP contribution in [0.5, 0.6) is 0 Å². The van der Waals surface area contributed by atoms with Crippen molar-refractivity contribution in [1.29, 1.82) is 0 Å². The summed E-state index contributed by atoms with van der Waals surface area (Å²) in [7, 11) is 0. The molecule has 1 aliphatic carbocycles. The fourth-order valence-corrected chi connectivity index (χ4v) is 2.76. The Balaban J connectivity index is 2.04. The number of aromatic nitrogens is 4. The van der Waals surface area contributed by atoms with Crippen LogP contribution in [0.1, 0.15) is 31.7 Å². The van der Waals surface area contributed by atoms with Gasteiger partial charge in [0, 0.05) is 5.75 Å². The minimum atomic E-state index is 0.535. The summed E-state index contributed by atoms with van der Waals surface area (Å²) in [6.45, 7) is 0. The highest BCUT2D eigenvalue weighted by Crippen LogP contribution is 2.31. The van der Waals surface area contributed by atoms with Crippen LogP contribution in [0.15, 0.2) is 5.16 Å². The molecule has 0 N–H and O–H groups in total. The molecule has 1 aromatic rings. The van der Waals surface area contributed by atoms with Crippen LogP contribution in [0.25, 0.3) is 0 Å². The third kappa shape index (κ3) is 2.23. The van der Waals surface area contributed by atoms with E-state index in [2.05, 4.69) is 28.2 Å². The zero-order valence-electron chi connectivity index (χ0n) is 7.96. The Morgan fingerprint density at radius 1 is 1.43 bits per heavy atom. The topological polar surface area (TPSA) is 43.6 Å². The van der Waals surface area contributed by atoms with Gasteiger partial charge in [-0.1, -0.05) is 24.6 Å². The van der Waals surface area contributed by atoms with E-state index in [4.69, 9.17) is 0 Å². The van der Waals surface area contributed by atoms with Gasteiger partial charge >= 0.3 is 0 Å². The lowest BCUT2D eigenvalue weighted by molar-refractivity contribution is 0.423. The van der Waals surface area contributed by atoms with Gasteiger partial charge in [-0.05, 0) is 29.0 Å². The fraction of sp³-hybridized carbons (Fsp3) is 0.875. The molecular weight excluding hydrogens is 216 g/mol. The SMILES string of the molecule is SCCSc1nnnn1C1CCCC1. The maximum absolute atomic E-state index is 4.18. The van der Waals surface area contributed by atoms with Crippen LogP contribution in [-0.2, 0) is 0 Å². The maximum atomic E-state index is 4.18. The molecule has 0 spiro atoms. The smallest absolute Gasteiger partial charge is 0.209 e. The number of nitrogens with zero attached hydrogens (tertiary/aromatic N) is 4. The second-order valence-corrected chi connectivity index (χ2v) is 4.93. The van der Waals surface area contributed by atoms with Crippen molar-refractivity contribution in [2.45, 2.75) is 36.9 Å². The van der Waals surface area contributed by atoms with E-state index in [9.17, 15) is 0 Å². The van der Waals surface area contributed by atoms with Gasteiger partial charge in [0.25, 0.3) is 0 Å². The molecule has 0 aromatic carbocycles. The molecule has 0 amide bonds. The first-order chi connectivity index (χ1) is 6.92. The van der Waals surface area contributed by atoms with Gasteiger partial charge in [0.2, 0.25) is 5.16 Å². The van der Waals surface area contributed by atoms with Crippen molar-refractivity contribution in [3.05, 3.63) is 0 Å². The normalized spacial score (nSPS) is 17.8. The molecule has 1 heterocycles. The van der Waals surface area contributed by atoms with Gasteiger partial charge in [0.15, 0.2) is 0 Å². The summed E-state index contributed by atoms with van der Waals surface area (Å²) in [5.74, 6) is 1.83. The molecule has 14 heavy (non-hydrogen) atoms. The summed E-state index contributed by atoms with van der Waals surface area (Å²) in [6.07, 6.45) is 5.06. The Morgan fingerprint density at radius 2 is 2.21 bits per heavy atom. The maximum Gasteiger partial charge on any atom is 0.209 e. The molecular formula is C8H14N4S2. The van der Waals surface area contributed by atoms with Crippen LogP contribution in [-0.4, -0.2) is 31.7 Å². The lowest BCUT2D eigenvalue weighted by Gasteiger charge is -2.09. The van der Waals surface area contributed by atoms with E-state index in [1.165, 1.54) is 25.7 Å². The minimum absolute atomic E-state index is 0.535. The quantitative estimate of drug-likeness (QED) is 0.633. The van der Waals surface area contributed by atoms with Gasteiger partial charge in [-0.15, -0.1) is 5.10 Å². The van der Waals surface area contributed by atoms with E-state index in [1.807, 2.05) is 4.68 Å². The number of thioether (sulfide) groups is 1. The van der Waals surface area contributed by atoms with Gasteiger partial charge in [0.1, 0.15) is 0 Å². The van der Waals surface area contributed by atoms with Crippen molar-refractivity contribution in [2.24, 2.45) is 0 Å². The number of tetrazole rings is 1. The highest BCUT2D eigenvalue weighted by molar-refractivity contribution is 7.99. The lowest BCUT2D eigenvalue weighted by atomic mass is 10.3. The van der Waals surface area contributed by atoms with Crippen LogP contribution in [0.3, 0.4) is 0 Å². The molecule has 0 saturated heterocycles. The summed E-state index contributed by atoms with van der Waals surface area (Å²) in [6, 6.07) is 0.535. The second-order valence-electron chi connectivity index (χ2n) is 3.42. The van der Waals surface area contributed by atoms with Crippen LogP contribution in [0, 0.1) is 0 Å². The van der Waals surface area contributed by atoms with Gasteiger partial charge < -0.3 is 0 Å². The Labute approximate surface area is 93.2 Å². The molecule has 1 saturated carbocycles. The van der Waals surface area contributed by atoms with Gasteiger partial charge in [0.05, 0.1) is 6.04 Å². The predicted octanol–water partition coefficient (Wildman–Crippen LogP) is 1.81. The molecule has 78 valence electrons. The average molecular weight is 230 g/mol. The molecule has 0 radical (unpaired) electrons. The Morgan fingerprint density at radius 3 is 2.93 bits per heavy atom. The molecule has 0 unspecified atom stereocenters. The fourth-order valence-electron chi connectivity index (χ4n) is 1.80. The lowest BCUT2D eigenvalue weighted by Crippen LogP contribution is -2.08.